The lowest BCUT2D eigenvalue weighted by atomic mass is 9.93. The summed E-state index contributed by atoms with van der Waals surface area (Å²) in [7, 11) is 1.95. The molecule has 214 valence electrons. The fourth-order valence-corrected chi connectivity index (χ4v) is 5.50. The number of hydrogen-bond acceptors (Lipinski definition) is 5. The van der Waals surface area contributed by atoms with Crippen molar-refractivity contribution in [3.05, 3.63) is 35.7 Å². The third-order valence-electron chi connectivity index (χ3n) is 7.77. The number of aliphatic hydroxyl groups excluding tert-OH is 1. The molecular formula is C29H41F2N5O3. The molecule has 2 N–H and O–H groups in total. The number of halogens is 2. The number of benzene rings is 1. The minimum absolute atomic E-state index is 0.00599. The van der Waals surface area contributed by atoms with Gasteiger partial charge in [0, 0.05) is 62.7 Å². The van der Waals surface area contributed by atoms with Gasteiger partial charge in [0.15, 0.2) is 0 Å². The lowest BCUT2D eigenvalue weighted by Gasteiger charge is -2.29. The van der Waals surface area contributed by atoms with E-state index in [0.717, 1.165) is 81.3 Å². The summed E-state index contributed by atoms with van der Waals surface area (Å²) in [5.41, 5.74) is 3.40. The first-order valence-electron chi connectivity index (χ1n) is 14.2. The fourth-order valence-electron chi connectivity index (χ4n) is 5.50. The van der Waals surface area contributed by atoms with Crippen LogP contribution in [0.1, 0.15) is 75.3 Å². The van der Waals surface area contributed by atoms with Crippen LogP contribution in [-0.2, 0) is 22.6 Å². The molecule has 3 heterocycles. The van der Waals surface area contributed by atoms with E-state index in [4.69, 9.17) is 0 Å². The number of aromatic nitrogens is 2. The van der Waals surface area contributed by atoms with Crippen LogP contribution < -0.4 is 10.2 Å². The fraction of sp³-hybridized carbons (Fsp3) is 0.621. The molecule has 1 unspecified atom stereocenters. The van der Waals surface area contributed by atoms with Crippen LogP contribution in [0.25, 0.3) is 11.1 Å². The summed E-state index contributed by atoms with van der Waals surface area (Å²) >= 11 is 0. The van der Waals surface area contributed by atoms with Gasteiger partial charge in [0.2, 0.25) is 11.8 Å². The van der Waals surface area contributed by atoms with Gasteiger partial charge in [-0.3, -0.25) is 14.3 Å². The number of amides is 2. The van der Waals surface area contributed by atoms with E-state index in [0.29, 0.717) is 31.5 Å². The van der Waals surface area contributed by atoms with Crippen LogP contribution in [0.3, 0.4) is 0 Å². The summed E-state index contributed by atoms with van der Waals surface area (Å²) in [6.07, 6.45) is 9.30. The van der Waals surface area contributed by atoms with Crippen molar-refractivity contribution in [1.29, 1.82) is 0 Å². The van der Waals surface area contributed by atoms with Crippen molar-refractivity contribution in [1.82, 2.24) is 20.0 Å². The lowest BCUT2D eigenvalue weighted by Crippen LogP contribution is -2.39. The first kappa shape index (κ1) is 29.0. The number of nitrogens with one attached hydrogen (secondary N) is 1. The van der Waals surface area contributed by atoms with Gasteiger partial charge >= 0.3 is 0 Å². The highest BCUT2D eigenvalue weighted by atomic mass is 19.3. The minimum Gasteiger partial charge on any atom is -0.391 e. The summed E-state index contributed by atoms with van der Waals surface area (Å²) in [4.78, 5) is 27.6. The molecular weight excluding hydrogens is 504 g/mol. The Bertz CT molecular complexity index is 1120. The van der Waals surface area contributed by atoms with Crippen molar-refractivity contribution in [2.24, 2.45) is 0 Å². The number of rotatable bonds is 13. The number of aliphatic hydroxyl groups is 1. The molecule has 2 amide bonds. The molecule has 2 aromatic rings. The molecule has 1 fully saturated rings. The molecule has 0 aliphatic carbocycles. The Kier molecular flexibility index (Phi) is 10.3. The predicted octanol–water partition coefficient (Wildman–Crippen LogP) is 4.31. The maximum Gasteiger partial charge on any atom is 0.264 e. The number of likely N-dealkylation sites (tertiary alicyclic amines) is 1. The molecule has 10 heteroatoms. The Morgan fingerprint density at radius 2 is 1.90 bits per heavy atom. The van der Waals surface area contributed by atoms with Crippen molar-refractivity contribution >= 4 is 17.5 Å². The Balaban J connectivity index is 1.12. The first-order valence-corrected chi connectivity index (χ1v) is 14.2. The lowest BCUT2D eigenvalue weighted by molar-refractivity contribution is -0.132. The normalized spacial score (nSPS) is 17.1. The molecule has 0 radical (unpaired) electrons. The van der Waals surface area contributed by atoms with E-state index in [2.05, 4.69) is 15.3 Å². The molecule has 8 nitrogen and oxygen atoms in total. The average Bonchev–Trinajstić information content (AvgIpc) is 3.57. The van der Waals surface area contributed by atoms with Crippen LogP contribution in [0.5, 0.6) is 0 Å². The summed E-state index contributed by atoms with van der Waals surface area (Å²) < 4.78 is 29.6. The van der Waals surface area contributed by atoms with Crippen LogP contribution >= 0.6 is 0 Å². The zero-order chi connectivity index (χ0) is 27.8. The van der Waals surface area contributed by atoms with Gasteiger partial charge in [0.25, 0.3) is 6.43 Å². The molecule has 2 aliphatic rings. The van der Waals surface area contributed by atoms with Gasteiger partial charge < -0.3 is 20.2 Å². The van der Waals surface area contributed by atoms with E-state index in [1.807, 2.05) is 24.0 Å². The number of nitrogens with zero attached hydrogens (tertiary/aromatic N) is 4. The standard InChI is InChI=1S/C29H41F2N5O3/c1-34-12-8-9-21-15-24(25(29(30)31)16-26(21)34)22-17-33-36(19-22)13-7-5-3-2-4-6-10-27(38)32-18-28(39)35-14-11-23(37)20-35/h15-17,19,23,29,37H,2-14,18,20H2,1H3,(H,32,38). The van der Waals surface area contributed by atoms with Crippen molar-refractivity contribution in [2.45, 2.75) is 83.3 Å². The smallest absolute Gasteiger partial charge is 0.264 e. The Morgan fingerprint density at radius 3 is 2.64 bits per heavy atom. The molecule has 4 rings (SSSR count). The second kappa shape index (κ2) is 13.9. The zero-order valence-corrected chi connectivity index (χ0v) is 22.9. The Labute approximate surface area is 229 Å². The van der Waals surface area contributed by atoms with E-state index < -0.39 is 12.5 Å². The number of alkyl halides is 2. The van der Waals surface area contributed by atoms with Crippen molar-refractivity contribution in [2.75, 3.05) is 38.1 Å². The molecule has 0 spiro atoms. The number of unbranched alkanes of at least 4 members (excludes halogenated alkanes) is 5. The van der Waals surface area contributed by atoms with Gasteiger partial charge in [-0.05, 0) is 55.4 Å². The summed E-state index contributed by atoms with van der Waals surface area (Å²) in [5, 5.41) is 16.6. The van der Waals surface area contributed by atoms with E-state index in [9.17, 15) is 23.5 Å². The van der Waals surface area contributed by atoms with E-state index >= 15 is 0 Å². The van der Waals surface area contributed by atoms with Crippen LogP contribution in [0.4, 0.5) is 14.5 Å². The molecule has 39 heavy (non-hydrogen) atoms. The number of β-amino-alcohol motifs (C(OH)–C–C–N with tert-alkyl or cyclic N) is 1. The third kappa shape index (κ3) is 8.00. The van der Waals surface area contributed by atoms with Crippen molar-refractivity contribution in [3.63, 3.8) is 0 Å². The Morgan fingerprint density at radius 1 is 1.13 bits per heavy atom. The summed E-state index contributed by atoms with van der Waals surface area (Å²) in [6, 6.07) is 3.57. The zero-order valence-electron chi connectivity index (χ0n) is 22.9. The summed E-state index contributed by atoms with van der Waals surface area (Å²) in [6.45, 7) is 2.51. The highest BCUT2D eigenvalue weighted by Gasteiger charge is 2.25. The average molecular weight is 546 g/mol. The van der Waals surface area contributed by atoms with E-state index in [1.165, 1.54) is 0 Å². The number of carbonyl (C=O) groups is 2. The van der Waals surface area contributed by atoms with Gasteiger partial charge in [-0.25, -0.2) is 8.78 Å². The molecule has 2 aliphatic heterocycles. The molecule has 1 aromatic carbocycles. The highest BCUT2D eigenvalue weighted by molar-refractivity contribution is 5.84. The topological polar surface area (TPSA) is 90.7 Å². The SMILES string of the molecule is CN1CCCc2cc(-c3cnn(CCCCCCCCC(=O)NCC(=O)N4CCC(O)C4)c3)c(C(F)F)cc21. The van der Waals surface area contributed by atoms with E-state index in [1.54, 1.807) is 17.2 Å². The van der Waals surface area contributed by atoms with Gasteiger partial charge in [0.1, 0.15) is 0 Å². The predicted molar refractivity (Wildman–Crippen MR) is 147 cm³/mol. The maximum atomic E-state index is 13.9. The number of fused-ring (bicyclic) bond motifs is 1. The molecule has 0 saturated carbocycles. The van der Waals surface area contributed by atoms with Gasteiger partial charge in [-0.15, -0.1) is 0 Å². The van der Waals surface area contributed by atoms with Crippen LogP contribution in [-0.4, -0.2) is 70.9 Å². The summed E-state index contributed by atoms with van der Waals surface area (Å²) in [5.74, 6) is -0.257. The quantitative estimate of drug-likeness (QED) is 0.366. The monoisotopic (exact) mass is 545 g/mol. The van der Waals surface area contributed by atoms with Gasteiger partial charge in [-0.2, -0.15) is 5.10 Å². The van der Waals surface area contributed by atoms with Crippen LogP contribution in [0.2, 0.25) is 0 Å². The highest BCUT2D eigenvalue weighted by Crippen LogP contribution is 2.38. The molecule has 1 saturated heterocycles. The maximum absolute atomic E-state index is 13.9. The molecule has 1 atom stereocenters. The second-order valence-electron chi connectivity index (χ2n) is 10.8. The van der Waals surface area contributed by atoms with Crippen molar-refractivity contribution in [3.8, 4) is 11.1 Å². The number of hydrogen-bond donors (Lipinski definition) is 2. The largest absolute Gasteiger partial charge is 0.391 e. The van der Waals surface area contributed by atoms with Gasteiger partial charge in [-0.1, -0.05) is 25.7 Å². The first-order chi connectivity index (χ1) is 18.8. The molecule has 0 bridgehead atoms. The minimum atomic E-state index is -2.54. The number of aryl methyl sites for hydroxylation is 2. The van der Waals surface area contributed by atoms with Crippen LogP contribution in [0.15, 0.2) is 24.5 Å². The van der Waals surface area contributed by atoms with E-state index in [-0.39, 0.29) is 23.9 Å². The van der Waals surface area contributed by atoms with Gasteiger partial charge in [0.05, 0.1) is 18.8 Å². The van der Waals surface area contributed by atoms with Crippen molar-refractivity contribution < 1.29 is 23.5 Å². The van der Waals surface area contributed by atoms with Crippen LogP contribution in [0, 0.1) is 0 Å². The second-order valence-corrected chi connectivity index (χ2v) is 10.8. The molecule has 1 aromatic heterocycles. The number of anilines is 1. The third-order valence-corrected chi connectivity index (χ3v) is 7.77. The Hall–Kier alpha value is -3.01. The number of carbonyl (C=O) groups excluding carboxylic acids is 2.